The number of rotatable bonds is 4. The number of hydrogen-bond donors (Lipinski definition) is 0. The van der Waals surface area contributed by atoms with Crippen LogP contribution in [0.2, 0.25) is 0 Å². The second kappa shape index (κ2) is 7.01. The van der Waals surface area contributed by atoms with Gasteiger partial charge in [-0.25, -0.2) is 0 Å². The molecular formula is C4H4NaO5-. The standard InChI is InChI=1S/C4H6O5.Na/c5-3(6)1-9-2-4(7)8;/h1-2H2,(H,5,6)(H,7,8);/q;+1/p-2. The van der Waals surface area contributed by atoms with E-state index in [1.165, 1.54) is 0 Å². The minimum Gasteiger partial charge on any atom is -0.548 e. The quantitative estimate of drug-likeness (QED) is 0.376. The molecule has 5 nitrogen and oxygen atoms in total. The molecule has 0 bridgehead atoms. The predicted molar refractivity (Wildman–Crippen MR) is 20.8 cm³/mol. The van der Waals surface area contributed by atoms with Gasteiger partial charge in [-0.1, -0.05) is 0 Å². The van der Waals surface area contributed by atoms with E-state index in [9.17, 15) is 19.8 Å². The molecule has 0 unspecified atom stereocenters. The fourth-order valence-electron chi connectivity index (χ4n) is 0.218. The number of aliphatic carboxylic acids is 2. The summed E-state index contributed by atoms with van der Waals surface area (Å²) in [5, 5.41) is 19.1. The van der Waals surface area contributed by atoms with Crippen LogP contribution in [0.15, 0.2) is 0 Å². The van der Waals surface area contributed by atoms with E-state index in [2.05, 4.69) is 4.74 Å². The molecule has 0 heterocycles. The van der Waals surface area contributed by atoms with E-state index in [1.54, 1.807) is 0 Å². The number of carboxylic acid groups (broad SMARTS) is 2. The van der Waals surface area contributed by atoms with Gasteiger partial charge in [0.05, 0.1) is 25.2 Å². The van der Waals surface area contributed by atoms with Crippen LogP contribution in [0, 0.1) is 0 Å². The maximum absolute atomic E-state index is 9.53. The summed E-state index contributed by atoms with van der Waals surface area (Å²) in [5.74, 6) is -2.90. The molecule has 0 aliphatic heterocycles. The first-order valence-electron chi connectivity index (χ1n) is 2.10. The van der Waals surface area contributed by atoms with Crippen molar-refractivity contribution in [3.63, 3.8) is 0 Å². The number of carbonyl (C=O) groups is 2. The van der Waals surface area contributed by atoms with E-state index in [-0.39, 0.29) is 29.6 Å². The van der Waals surface area contributed by atoms with Crippen LogP contribution in [0.3, 0.4) is 0 Å². The average Bonchev–Trinajstić information content (AvgIpc) is 1.63. The first-order chi connectivity index (χ1) is 4.13. The summed E-state index contributed by atoms with van der Waals surface area (Å²) in [4.78, 5) is 19.1. The maximum Gasteiger partial charge on any atom is 1.00 e. The molecule has 6 heteroatoms. The summed E-state index contributed by atoms with van der Waals surface area (Å²) in [5.41, 5.74) is 0. The summed E-state index contributed by atoms with van der Waals surface area (Å²) in [6, 6.07) is 0. The van der Waals surface area contributed by atoms with Gasteiger partial charge in [-0.15, -0.1) is 0 Å². The van der Waals surface area contributed by atoms with E-state index >= 15 is 0 Å². The van der Waals surface area contributed by atoms with Crippen molar-refractivity contribution in [3.8, 4) is 0 Å². The third-order valence-corrected chi connectivity index (χ3v) is 0.440. The Labute approximate surface area is 79.3 Å². The Morgan fingerprint density at radius 2 is 1.40 bits per heavy atom. The first-order valence-corrected chi connectivity index (χ1v) is 2.10. The van der Waals surface area contributed by atoms with Crippen LogP contribution in [0.5, 0.6) is 0 Å². The zero-order valence-electron chi connectivity index (χ0n) is 5.46. The minimum absolute atomic E-state index is 0. The summed E-state index contributed by atoms with van der Waals surface area (Å²) in [7, 11) is 0. The molecule has 0 aromatic carbocycles. The van der Waals surface area contributed by atoms with E-state index in [4.69, 9.17) is 0 Å². The normalized spacial score (nSPS) is 8.00. The van der Waals surface area contributed by atoms with Gasteiger partial charge in [0.1, 0.15) is 0 Å². The van der Waals surface area contributed by atoms with Gasteiger partial charge in [0.2, 0.25) is 0 Å². The number of hydrogen-bond acceptors (Lipinski definition) is 5. The summed E-state index contributed by atoms with van der Waals surface area (Å²) in [6.45, 7) is -1.43. The van der Waals surface area contributed by atoms with Gasteiger partial charge < -0.3 is 24.5 Å². The van der Waals surface area contributed by atoms with E-state index in [0.29, 0.717) is 0 Å². The minimum atomic E-state index is -1.45. The second-order valence-corrected chi connectivity index (χ2v) is 1.24. The zero-order valence-corrected chi connectivity index (χ0v) is 7.46. The van der Waals surface area contributed by atoms with Gasteiger partial charge in [0, 0.05) is 0 Å². The Bertz CT molecular complexity index is 109. The second-order valence-electron chi connectivity index (χ2n) is 1.24. The summed E-state index contributed by atoms with van der Waals surface area (Å²) >= 11 is 0. The molecular weight excluding hydrogens is 151 g/mol. The molecule has 0 saturated carbocycles. The Morgan fingerprint density at radius 1 is 1.10 bits per heavy atom. The average molecular weight is 155 g/mol. The number of ether oxygens (including phenoxy) is 1. The van der Waals surface area contributed by atoms with Crippen LogP contribution in [0.4, 0.5) is 0 Å². The maximum atomic E-state index is 9.53. The molecule has 0 amide bonds. The zero-order chi connectivity index (χ0) is 7.28. The van der Waals surface area contributed by atoms with Crippen LogP contribution < -0.4 is 39.8 Å². The molecule has 0 saturated heterocycles. The predicted octanol–water partition coefficient (Wildman–Crippen LogP) is -6.49. The molecule has 52 valence electrons. The van der Waals surface area contributed by atoms with Gasteiger partial charge in [0.15, 0.2) is 0 Å². The molecule has 0 aromatic rings. The fourth-order valence-corrected chi connectivity index (χ4v) is 0.218. The van der Waals surface area contributed by atoms with Crippen molar-refractivity contribution >= 4 is 11.9 Å². The van der Waals surface area contributed by atoms with Crippen molar-refractivity contribution in [1.82, 2.24) is 0 Å². The summed E-state index contributed by atoms with van der Waals surface area (Å²) < 4.78 is 4.03. The smallest absolute Gasteiger partial charge is 0.548 e. The van der Waals surface area contributed by atoms with Crippen LogP contribution in [-0.2, 0) is 14.3 Å². The van der Waals surface area contributed by atoms with E-state index in [0.717, 1.165) is 0 Å². The van der Waals surface area contributed by atoms with Gasteiger partial charge >= 0.3 is 29.6 Å². The van der Waals surface area contributed by atoms with Crippen molar-refractivity contribution < 1.29 is 54.1 Å². The molecule has 0 fully saturated rings. The van der Waals surface area contributed by atoms with Crippen molar-refractivity contribution in [2.45, 2.75) is 0 Å². The van der Waals surface area contributed by atoms with Gasteiger partial charge in [-0.3, -0.25) is 0 Å². The molecule has 0 aliphatic rings. The van der Waals surface area contributed by atoms with Crippen molar-refractivity contribution in [2.24, 2.45) is 0 Å². The molecule has 0 rings (SSSR count). The molecule has 10 heavy (non-hydrogen) atoms. The third kappa shape index (κ3) is 10.8. The number of carboxylic acids is 2. The van der Waals surface area contributed by atoms with Gasteiger partial charge in [0.25, 0.3) is 0 Å². The third-order valence-electron chi connectivity index (χ3n) is 0.440. The monoisotopic (exact) mass is 155 g/mol. The molecule has 0 spiro atoms. The molecule has 0 atom stereocenters. The summed E-state index contributed by atoms with van der Waals surface area (Å²) in [6.07, 6.45) is 0. The Kier molecular flexibility index (Phi) is 8.81. The van der Waals surface area contributed by atoms with Gasteiger partial charge in [-0.05, 0) is 0 Å². The van der Waals surface area contributed by atoms with Crippen LogP contribution >= 0.6 is 0 Å². The van der Waals surface area contributed by atoms with Crippen molar-refractivity contribution in [2.75, 3.05) is 13.2 Å². The van der Waals surface area contributed by atoms with Crippen LogP contribution in [0.1, 0.15) is 0 Å². The van der Waals surface area contributed by atoms with E-state index in [1.807, 2.05) is 0 Å². The van der Waals surface area contributed by atoms with Crippen LogP contribution in [0.25, 0.3) is 0 Å². The molecule has 0 aliphatic carbocycles. The Balaban J connectivity index is 0. The first kappa shape index (κ1) is 12.6. The topological polar surface area (TPSA) is 89.5 Å². The Morgan fingerprint density at radius 3 is 1.60 bits per heavy atom. The molecule has 0 aromatic heterocycles. The Hall–Kier alpha value is -0.100. The SMILES string of the molecule is O=C([O-])COCC(=O)[O-].[Na+]. The largest absolute Gasteiger partial charge is 1.00 e. The number of carbonyl (C=O) groups excluding carboxylic acids is 2. The van der Waals surface area contributed by atoms with Crippen molar-refractivity contribution in [3.05, 3.63) is 0 Å². The van der Waals surface area contributed by atoms with Gasteiger partial charge in [-0.2, -0.15) is 0 Å². The molecule has 0 N–H and O–H groups in total. The van der Waals surface area contributed by atoms with E-state index < -0.39 is 25.2 Å². The fraction of sp³-hybridized carbons (Fsp3) is 0.500. The van der Waals surface area contributed by atoms with Crippen LogP contribution in [-0.4, -0.2) is 25.2 Å². The molecule has 0 radical (unpaired) electrons. The van der Waals surface area contributed by atoms with Crippen molar-refractivity contribution in [1.29, 1.82) is 0 Å².